The van der Waals surface area contributed by atoms with Gasteiger partial charge in [-0.2, -0.15) is 0 Å². The van der Waals surface area contributed by atoms with Crippen LogP contribution >= 0.6 is 27.3 Å². The van der Waals surface area contributed by atoms with Crippen molar-refractivity contribution in [1.29, 1.82) is 0 Å². The molecule has 0 N–H and O–H groups in total. The van der Waals surface area contributed by atoms with Gasteiger partial charge >= 0.3 is 0 Å². The molecule has 0 atom stereocenters. The van der Waals surface area contributed by atoms with Gasteiger partial charge in [-0.05, 0) is 77.5 Å². The molecule has 0 nitrogen and oxygen atoms in total. The number of rotatable bonds is 1. The molecule has 1 heterocycles. The van der Waals surface area contributed by atoms with E-state index >= 15 is 0 Å². The first-order valence-electron chi connectivity index (χ1n) is 6.75. The highest BCUT2D eigenvalue weighted by Gasteiger charge is 2.14. The van der Waals surface area contributed by atoms with Crippen LogP contribution in [0.1, 0.15) is 22.3 Å². The van der Waals surface area contributed by atoms with Crippen molar-refractivity contribution >= 4 is 37.4 Å². The molecule has 2 heteroatoms. The zero-order valence-electron chi connectivity index (χ0n) is 12.2. The van der Waals surface area contributed by atoms with Crippen LogP contribution in [0, 0.1) is 27.7 Å². The Morgan fingerprint density at radius 3 is 2.40 bits per heavy atom. The molecule has 0 bridgehead atoms. The van der Waals surface area contributed by atoms with Gasteiger partial charge in [0.05, 0.1) is 0 Å². The zero-order valence-corrected chi connectivity index (χ0v) is 14.6. The molecule has 0 saturated carbocycles. The van der Waals surface area contributed by atoms with Gasteiger partial charge in [0, 0.05) is 19.4 Å². The maximum Gasteiger partial charge on any atom is 0.0500 e. The van der Waals surface area contributed by atoms with Crippen LogP contribution in [0.25, 0.3) is 20.5 Å². The Hall–Kier alpha value is -1.12. The van der Waals surface area contributed by atoms with Crippen LogP contribution < -0.4 is 0 Å². The third-order valence-corrected chi connectivity index (χ3v) is 6.36. The molecule has 3 rings (SSSR count). The van der Waals surface area contributed by atoms with E-state index in [-0.39, 0.29) is 0 Å². The van der Waals surface area contributed by atoms with Crippen LogP contribution in [0.2, 0.25) is 0 Å². The van der Waals surface area contributed by atoms with Crippen molar-refractivity contribution in [2.24, 2.45) is 0 Å². The number of hydrogen-bond donors (Lipinski definition) is 0. The second-order valence-electron chi connectivity index (χ2n) is 5.42. The molecule has 0 unspecified atom stereocenters. The van der Waals surface area contributed by atoms with E-state index in [1.807, 2.05) is 11.3 Å². The van der Waals surface area contributed by atoms with Gasteiger partial charge in [0.1, 0.15) is 0 Å². The van der Waals surface area contributed by atoms with Crippen LogP contribution in [0.4, 0.5) is 0 Å². The molecular formula is C18H17BrS. The van der Waals surface area contributed by atoms with E-state index in [1.54, 1.807) is 0 Å². The Balaban J connectivity index is 2.30. The van der Waals surface area contributed by atoms with E-state index in [0.717, 1.165) is 0 Å². The van der Waals surface area contributed by atoms with Gasteiger partial charge in [-0.1, -0.05) is 24.3 Å². The molecule has 102 valence electrons. The Labute approximate surface area is 132 Å². The number of aryl methyl sites for hydroxylation is 2. The predicted octanol–water partition coefficient (Wildman–Crippen LogP) is 6.56. The van der Waals surface area contributed by atoms with Crippen molar-refractivity contribution in [3.63, 3.8) is 0 Å². The summed E-state index contributed by atoms with van der Waals surface area (Å²) < 4.78 is 2.58. The minimum Gasteiger partial charge on any atom is -0.134 e. The van der Waals surface area contributed by atoms with Crippen LogP contribution in [-0.4, -0.2) is 0 Å². The third-order valence-electron chi connectivity index (χ3n) is 4.09. The molecule has 0 fully saturated rings. The van der Waals surface area contributed by atoms with E-state index in [9.17, 15) is 0 Å². The topological polar surface area (TPSA) is 0 Å². The largest absolute Gasteiger partial charge is 0.134 e. The summed E-state index contributed by atoms with van der Waals surface area (Å²) >= 11 is 5.67. The molecule has 0 radical (unpaired) electrons. The van der Waals surface area contributed by atoms with Crippen molar-refractivity contribution in [2.75, 3.05) is 0 Å². The number of thiophene rings is 1. The molecule has 1 aromatic heterocycles. The lowest BCUT2D eigenvalue weighted by Crippen LogP contribution is -1.89. The highest BCUT2D eigenvalue weighted by molar-refractivity contribution is 9.10. The second-order valence-corrected chi connectivity index (χ2v) is 7.27. The van der Waals surface area contributed by atoms with Crippen molar-refractivity contribution in [3.8, 4) is 10.4 Å². The normalized spacial score (nSPS) is 11.2. The summed E-state index contributed by atoms with van der Waals surface area (Å²) in [6.07, 6.45) is 0. The van der Waals surface area contributed by atoms with Crippen molar-refractivity contribution < 1.29 is 0 Å². The van der Waals surface area contributed by atoms with Gasteiger partial charge in [-0.25, -0.2) is 0 Å². The van der Waals surface area contributed by atoms with Crippen LogP contribution in [0.3, 0.4) is 0 Å². The molecule has 0 aliphatic rings. The fraction of sp³-hybridized carbons (Fsp3) is 0.222. The molecule has 3 aromatic rings. The van der Waals surface area contributed by atoms with Gasteiger partial charge < -0.3 is 0 Å². The molecular weight excluding hydrogens is 328 g/mol. The SMILES string of the molecule is Cc1ccc2c(Br)c(-c3ccc(C)c(C)c3C)sc2c1. The Kier molecular flexibility index (Phi) is 3.47. The number of halogens is 1. The van der Waals surface area contributed by atoms with E-state index in [2.05, 4.69) is 74.0 Å². The summed E-state index contributed by atoms with van der Waals surface area (Å²) in [4.78, 5) is 1.34. The summed E-state index contributed by atoms with van der Waals surface area (Å²) in [5, 5.41) is 1.31. The fourth-order valence-corrected chi connectivity index (χ4v) is 4.76. The molecule has 2 aromatic carbocycles. The lowest BCUT2D eigenvalue weighted by Gasteiger charge is -2.10. The van der Waals surface area contributed by atoms with E-state index in [1.165, 1.54) is 47.3 Å². The lowest BCUT2D eigenvalue weighted by molar-refractivity contribution is 1.27. The van der Waals surface area contributed by atoms with Crippen molar-refractivity contribution in [2.45, 2.75) is 27.7 Å². The van der Waals surface area contributed by atoms with Gasteiger partial charge in [0.15, 0.2) is 0 Å². The average molecular weight is 345 g/mol. The number of fused-ring (bicyclic) bond motifs is 1. The first-order valence-corrected chi connectivity index (χ1v) is 8.36. The van der Waals surface area contributed by atoms with Gasteiger partial charge in [-0.3, -0.25) is 0 Å². The standard InChI is InChI=1S/C18H17BrS/c1-10-5-7-15-16(9-10)20-18(17(15)19)14-8-6-11(2)12(3)13(14)4/h5-9H,1-4H3. The van der Waals surface area contributed by atoms with Gasteiger partial charge in [0.25, 0.3) is 0 Å². The zero-order chi connectivity index (χ0) is 14.4. The summed E-state index contributed by atoms with van der Waals surface area (Å²) in [6, 6.07) is 11.1. The van der Waals surface area contributed by atoms with Crippen molar-refractivity contribution in [1.82, 2.24) is 0 Å². The summed E-state index contributed by atoms with van der Waals surface area (Å²) in [6.45, 7) is 8.75. The highest BCUT2D eigenvalue weighted by Crippen LogP contribution is 2.44. The lowest BCUT2D eigenvalue weighted by atomic mass is 9.98. The van der Waals surface area contributed by atoms with Gasteiger partial charge in [0.2, 0.25) is 0 Å². The highest BCUT2D eigenvalue weighted by atomic mass is 79.9. The quantitative estimate of drug-likeness (QED) is 0.468. The first-order chi connectivity index (χ1) is 9.49. The van der Waals surface area contributed by atoms with Crippen LogP contribution in [0.15, 0.2) is 34.8 Å². The first kappa shape index (κ1) is 13.8. The minimum absolute atomic E-state index is 1.23. The monoisotopic (exact) mass is 344 g/mol. The summed E-state index contributed by atoms with van der Waals surface area (Å²) in [7, 11) is 0. The number of hydrogen-bond acceptors (Lipinski definition) is 1. The molecule has 0 amide bonds. The molecule has 20 heavy (non-hydrogen) atoms. The summed E-state index contributed by atoms with van der Waals surface area (Å²) in [5.41, 5.74) is 6.80. The third kappa shape index (κ3) is 2.11. The Morgan fingerprint density at radius 2 is 1.65 bits per heavy atom. The Bertz CT molecular complexity index is 812. The molecule has 0 saturated heterocycles. The van der Waals surface area contributed by atoms with Crippen LogP contribution in [-0.2, 0) is 0 Å². The van der Waals surface area contributed by atoms with Crippen molar-refractivity contribution in [3.05, 3.63) is 57.1 Å². The van der Waals surface area contributed by atoms with Gasteiger partial charge in [-0.15, -0.1) is 11.3 Å². The van der Waals surface area contributed by atoms with E-state index < -0.39 is 0 Å². The molecule has 0 aliphatic heterocycles. The van der Waals surface area contributed by atoms with Crippen LogP contribution in [0.5, 0.6) is 0 Å². The van der Waals surface area contributed by atoms with E-state index in [0.29, 0.717) is 0 Å². The minimum atomic E-state index is 1.23. The molecule has 0 aliphatic carbocycles. The maximum atomic E-state index is 3.80. The smallest absolute Gasteiger partial charge is 0.0500 e. The average Bonchev–Trinajstić information content (AvgIpc) is 2.73. The predicted molar refractivity (Wildman–Crippen MR) is 93.9 cm³/mol. The Morgan fingerprint density at radius 1 is 0.900 bits per heavy atom. The summed E-state index contributed by atoms with van der Waals surface area (Å²) in [5.74, 6) is 0. The maximum absolute atomic E-state index is 3.80. The fourth-order valence-electron chi connectivity index (χ4n) is 2.55. The second kappa shape index (κ2) is 5.01. The van der Waals surface area contributed by atoms with E-state index in [4.69, 9.17) is 0 Å². The number of benzene rings is 2. The molecule has 0 spiro atoms.